The molecule has 0 aliphatic carbocycles. The Hall–Kier alpha value is -2.27. The van der Waals surface area contributed by atoms with Gasteiger partial charge in [0.1, 0.15) is 17.2 Å². The van der Waals surface area contributed by atoms with E-state index < -0.39 is 4.92 Å². The molecule has 0 saturated carbocycles. The minimum atomic E-state index is -0.411. The summed E-state index contributed by atoms with van der Waals surface area (Å²) < 4.78 is 5.83. The van der Waals surface area contributed by atoms with Crippen LogP contribution in [0.1, 0.15) is 26.3 Å². The quantitative estimate of drug-likeness (QED) is 0.587. The predicted octanol–water partition coefficient (Wildman–Crippen LogP) is 5.56. The van der Waals surface area contributed by atoms with E-state index in [1.165, 1.54) is 6.07 Å². The second-order valence-electron chi connectivity index (χ2n) is 6.32. The molecule has 0 aromatic heterocycles. The molecular formula is C17H19ClN2O3. The van der Waals surface area contributed by atoms with Gasteiger partial charge in [0.25, 0.3) is 5.69 Å². The Morgan fingerprint density at radius 2 is 1.87 bits per heavy atom. The average Bonchev–Trinajstić information content (AvgIpc) is 2.40. The Balaban J connectivity index is 2.36. The third-order valence-corrected chi connectivity index (χ3v) is 3.27. The van der Waals surface area contributed by atoms with Gasteiger partial charge in [0.05, 0.1) is 4.92 Å². The summed E-state index contributed by atoms with van der Waals surface area (Å²) in [5.74, 6) is 1.18. The molecule has 6 heteroatoms. The Labute approximate surface area is 140 Å². The number of nitrogens with one attached hydrogen (secondary N) is 1. The minimum Gasteiger partial charge on any atom is -0.457 e. The van der Waals surface area contributed by atoms with E-state index >= 15 is 0 Å². The number of anilines is 1. The summed E-state index contributed by atoms with van der Waals surface area (Å²) in [5, 5.41) is 15.0. The molecule has 23 heavy (non-hydrogen) atoms. The summed E-state index contributed by atoms with van der Waals surface area (Å²) in [6.07, 6.45) is 0. The molecule has 0 amide bonds. The van der Waals surface area contributed by atoms with E-state index in [0.29, 0.717) is 22.2 Å². The second-order valence-corrected chi connectivity index (χ2v) is 6.76. The van der Waals surface area contributed by atoms with Crippen LogP contribution >= 0.6 is 11.6 Å². The number of ether oxygens (including phenoxy) is 1. The first-order chi connectivity index (χ1) is 10.7. The maximum Gasteiger partial charge on any atom is 0.292 e. The molecule has 2 aromatic rings. The highest BCUT2D eigenvalue weighted by Crippen LogP contribution is 2.34. The van der Waals surface area contributed by atoms with E-state index in [4.69, 9.17) is 16.3 Å². The highest BCUT2D eigenvalue weighted by Gasteiger charge is 2.20. The Morgan fingerprint density at radius 1 is 1.17 bits per heavy atom. The molecule has 0 fully saturated rings. The molecule has 0 heterocycles. The van der Waals surface area contributed by atoms with Gasteiger partial charge in [-0.2, -0.15) is 0 Å². The van der Waals surface area contributed by atoms with E-state index in [1.807, 2.05) is 27.7 Å². The molecule has 0 spiro atoms. The zero-order valence-electron chi connectivity index (χ0n) is 13.5. The molecular weight excluding hydrogens is 316 g/mol. The summed E-state index contributed by atoms with van der Waals surface area (Å²) in [7, 11) is 0. The van der Waals surface area contributed by atoms with Gasteiger partial charge in [-0.1, -0.05) is 11.6 Å². The summed E-state index contributed by atoms with van der Waals surface area (Å²) in [4.78, 5) is 10.8. The third kappa shape index (κ3) is 4.60. The van der Waals surface area contributed by atoms with Gasteiger partial charge in [0.2, 0.25) is 0 Å². The molecule has 5 nitrogen and oxygen atoms in total. The lowest BCUT2D eigenvalue weighted by Crippen LogP contribution is -2.26. The highest BCUT2D eigenvalue weighted by atomic mass is 35.5. The van der Waals surface area contributed by atoms with E-state index in [2.05, 4.69) is 5.32 Å². The number of aryl methyl sites for hydroxylation is 1. The molecule has 0 atom stereocenters. The number of benzene rings is 2. The van der Waals surface area contributed by atoms with Crippen LogP contribution in [0.15, 0.2) is 36.4 Å². The van der Waals surface area contributed by atoms with Crippen LogP contribution in [0.25, 0.3) is 0 Å². The average molecular weight is 335 g/mol. The monoisotopic (exact) mass is 334 g/mol. The van der Waals surface area contributed by atoms with E-state index in [-0.39, 0.29) is 11.2 Å². The molecule has 122 valence electrons. The van der Waals surface area contributed by atoms with Crippen LogP contribution in [0.2, 0.25) is 5.02 Å². The molecule has 0 saturated heterocycles. The number of halogens is 1. The Bertz CT molecular complexity index is 739. The number of nitro groups is 1. The molecule has 0 unspecified atom stereocenters. The summed E-state index contributed by atoms with van der Waals surface area (Å²) in [6.45, 7) is 7.70. The number of nitrogens with zero attached hydrogens (tertiary/aromatic N) is 1. The van der Waals surface area contributed by atoms with Gasteiger partial charge in [-0.15, -0.1) is 0 Å². The van der Waals surface area contributed by atoms with Crippen LogP contribution in [0.5, 0.6) is 11.5 Å². The highest BCUT2D eigenvalue weighted by molar-refractivity contribution is 6.30. The minimum absolute atomic E-state index is 0.0140. The van der Waals surface area contributed by atoms with Crippen LogP contribution in [0.3, 0.4) is 0 Å². The summed E-state index contributed by atoms with van der Waals surface area (Å²) >= 11 is 5.93. The zero-order chi connectivity index (χ0) is 17.2. The van der Waals surface area contributed by atoms with Gasteiger partial charge < -0.3 is 10.1 Å². The van der Waals surface area contributed by atoms with Crippen molar-refractivity contribution >= 4 is 23.0 Å². The summed E-state index contributed by atoms with van der Waals surface area (Å²) in [5.41, 5.74) is 1.02. The van der Waals surface area contributed by atoms with Crippen molar-refractivity contribution in [1.29, 1.82) is 0 Å². The largest absolute Gasteiger partial charge is 0.457 e. The van der Waals surface area contributed by atoms with Crippen LogP contribution in [0.4, 0.5) is 11.4 Å². The fourth-order valence-electron chi connectivity index (χ4n) is 2.10. The van der Waals surface area contributed by atoms with Crippen molar-refractivity contribution in [3.05, 3.63) is 57.1 Å². The van der Waals surface area contributed by atoms with Crippen LogP contribution in [-0.4, -0.2) is 10.5 Å². The number of hydrogen-bond donors (Lipinski definition) is 1. The van der Waals surface area contributed by atoms with Gasteiger partial charge in [-0.3, -0.25) is 10.1 Å². The van der Waals surface area contributed by atoms with Gasteiger partial charge in [-0.05, 0) is 57.5 Å². The summed E-state index contributed by atoms with van der Waals surface area (Å²) in [6, 6.07) is 9.97. The lowest BCUT2D eigenvalue weighted by molar-refractivity contribution is -0.384. The van der Waals surface area contributed by atoms with Crippen LogP contribution in [-0.2, 0) is 0 Å². The Kier molecular flexibility index (Phi) is 4.80. The van der Waals surface area contributed by atoms with Crippen LogP contribution in [0, 0.1) is 17.0 Å². The Morgan fingerprint density at radius 3 is 2.43 bits per heavy atom. The van der Waals surface area contributed by atoms with Gasteiger partial charge in [0.15, 0.2) is 0 Å². The smallest absolute Gasteiger partial charge is 0.292 e. The second kappa shape index (κ2) is 6.46. The molecule has 0 aliphatic heterocycles. The topological polar surface area (TPSA) is 64.4 Å². The molecule has 0 radical (unpaired) electrons. The standard InChI is InChI=1S/C17H19ClN2O3/c1-11-9-12(18)5-8-16(11)23-13-6-7-15(20(21)22)14(10-13)19-17(2,3)4/h5-10,19H,1-4H3. The van der Waals surface area contributed by atoms with Crippen molar-refractivity contribution in [2.75, 3.05) is 5.32 Å². The van der Waals surface area contributed by atoms with Gasteiger partial charge in [0, 0.05) is 22.7 Å². The molecule has 2 aromatic carbocycles. The maximum atomic E-state index is 11.2. The maximum absolute atomic E-state index is 11.2. The van der Waals surface area contributed by atoms with Gasteiger partial charge in [-0.25, -0.2) is 0 Å². The van der Waals surface area contributed by atoms with Crippen molar-refractivity contribution < 1.29 is 9.66 Å². The molecule has 1 N–H and O–H groups in total. The number of hydrogen-bond acceptors (Lipinski definition) is 4. The lowest BCUT2D eigenvalue weighted by Gasteiger charge is -2.22. The van der Waals surface area contributed by atoms with Crippen molar-refractivity contribution in [3.8, 4) is 11.5 Å². The predicted molar refractivity (Wildman–Crippen MR) is 92.7 cm³/mol. The first-order valence-electron chi connectivity index (χ1n) is 7.16. The zero-order valence-corrected chi connectivity index (χ0v) is 14.3. The fraction of sp³-hybridized carbons (Fsp3) is 0.294. The lowest BCUT2D eigenvalue weighted by atomic mass is 10.1. The van der Waals surface area contributed by atoms with E-state index in [1.54, 1.807) is 30.3 Å². The van der Waals surface area contributed by atoms with E-state index in [9.17, 15) is 10.1 Å². The molecule has 0 aliphatic rings. The van der Waals surface area contributed by atoms with Crippen molar-refractivity contribution in [2.45, 2.75) is 33.2 Å². The third-order valence-electron chi connectivity index (χ3n) is 3.04. The van der Waals surface area contributed by atoms with Crippen molar-refractivity contribution in [2.24, 2.45) is 0 Å². The SMILES string of the molecule is Cc1cc(Cl)ccc1Oc1ccc([N+](=O)[O-])c(NC(C)(C)C)c1. The van der Waals surface area contributed by atoms with E-state index in [0.717, 1.165) is 5.56 Å². The van der Waals surface area contributed by atoms with Crippen molar-refractivity contribution in [1.82, 2.24) is 0 Å². The van der Waals surface area contributed by atoms with Gasteiger partial charge >= 0.3 is 0 Å². The first kappa shape index (κ1) is 17.1. The fourth-order valence-corrected chi connectivity index (χ4v) is 2.32. The number of nitro benzene ring substituents is 1. The van der Waals surface area contributed by atoms with Crippen molar-refractivity contribution in [3.63, 3.8) is 0 Å². The number of rotatable bonds is 4. The van der Waals surface area contributed by atoms with Crippen LogP contribution < -0.4 is 10.1 Å². The normalized spacial score (nSPS) is 11.2. The molecule has 2 rings (SSSR count). The molecule has 0 bridgehead atoms. The first-order valence-corrected chi connectivity index (χ1v) is 7.54.